The van der Waals surface area contributed by atoms with Crippen molar-refractivity contribution in [1.82, 2.24) is 16.2 Å². The molecule has 0 aliphatic rings. The van der Waals surface area contributed by atoms with Gasteiger partial charge in [0, 0.05) is 10.9 Å². The van der Waals surface area contributed by atoms with Crippen LogP contribution in [-0.4, -0.2) is 23.5 Å². The summed E-state index contributed by atoms with van der Waals surface area (Å²) in [6.07, 6.45) is 0. The molecule has 3 N–H and O–H groups in total. The van der Waals surface area contributed by atoms with Crippen LogP contribution in [0.5, 0.6) is 5.75 Å². The third kappa shape index (κ3) is 5.05. The van der Waals surface area contributed by atoms with Gasteiger partial charge in [0.2, 0.25) is 0 Å². The number of hydrogen-bond acceptors (Lipinski definition) is 4. The second kappa shape index (κ2) is 8.96. The molecule has 0 aliphatic carbocycles. The van der Waals surface area contributed by atoms with E-state index in [1.54, 1.807) is 24.3 Å². The summed E-state index contributed by atoms with van der Waals surface area (Å²) in [5.74, 6) is -0.178. The second-order valence-electron chi connectivity index (χ2n) is 6.09. The van der Waals surface area contributed by atoms with E-state index in [9.17, 15) is 9.59 Å². The van der Waals surface area contributed by atoms with Gasteiger partial charge in [0.1, 0.15) is 5.75 Å². The summed E-state index contributed by atoms with van der Waals surface area (Å²) < 4.78 is 5.60. The van der Waals surface area contributed by atoms with Crippen LogP contribution >= 0.6 is 12.2 Å². The van der Waals surface area contributed by atoms with E-state index in [1.807, 2.05) is 49.4 Å². The molecule has 0 aromatic heterocycles. The summed E-state index contributed by atoms with van der Waals surface area (Å²) >= 11 is 5.02. The van der Waals surface area contributed by atoms with Crippen LogP contribution in [0.1, 0.15) is 15.9 Å². The monoisotopic (exact) mass is 393 g/mol. The van der Waals surface area contributed by atoms with Crippen molar-refractivity contribution in [2.24, 2.45) is 0 Å². The van der Waals surface area contributed by atoms with E-state index >= 15 is 0 Å². The van der Waals surface area contributed by atoms with Gasteiger partial charge in [0.15, 0.2) is 11.7 Å². The topological polar surface area (TPSA) is 79.5 Å². The lowest BCUT2D eigenvalue weighted by Gasteiger charge is -2.12. The number of carbonyl (C=O) groups is 2. The van der Waals surface area contributed by atoms with E-state index in [1.165, 1.54) is 0 Å². The highest BCUT2D eigenvalue weighted by atomic mass is 32.1. The van der Waals surface area contributed by atoms with Gasteiger partial charge in [0.25, 0.3) is 11.8 Å². The molecule has 0 saturated heterocycles. The molecule has 0 unspecified atom stereocenters. The Hall–Kier alpha value is -3.45. The molecule has 7 heteroatoms. The van der Waals surface area contributed by atoms with Crippen molar-refractivity contribution in [3.8, 4) is 5.75 Å². The molecule has 3 rings (SSSR count). The first-order valence-electron chi connectivity index (χ1n) is 8.60. The Morgan fingerprint density at radius 1 is 0.964 bits per heavy atom. The molecule has 28 heavy (non-hydrogen) atoms. The average molecular weight is 393 g/mol. The van der Waals surface area contributed by atoms with Gasteiger partial charge in [-0.3, -0.25) is 25.8 Å². The number of nitrogens with one attached hydrogen (secondary N) is 3. The Kier molecular flexibility index (Phi) is 6.18. The van der Waals surface area contributed by atoms with Crippen LogP contribution in [0.4, 0.5) is 0 Å². The fourth-order valence-electron chi connectivity index (χ4n) is 2.63. The van der Waals surface area contributed by atoms with E-state index in [0.29, 0.717) is 11.3 Å². The Balaban J connectivity index is 1.48. The highest BCUT2D eigenvalue weighted by molar-refractivity contribution is 7.80. The van der Waals surface area contributed by atoms with E-state index in [0.717, 1.165) is 16.3 Å². The molecule has 3 aromatic carbocycles. The maximum absolute atomic E-state index is 12.1. The van der Waals surface area contributed by atoms with Crippen molar-refractivity contribution < 1.29 is 14.3 Å². The number of carbonyl (C=O) groups excluding carboxylic acids is 2. The molecule has 0 bridgehead atoms. The van der Waals surface area contributed by atoms with Gasteiger partial charge < -0.3 is 4.74 Å². The smallest absolute Gasteiger partial charge is 0.269 e. The Labute approximate surface area is 167 Å². The number of thiocarbonyl (C=S) groups is 1. The molecule has 0 spiro atoms. The molecule has 2 amide bonds. The number of hydrogen-bond donors (Lipinski definition) is 3. The molecule has 3 aromatic rings. The standard InChI is InChI=1S/C21H19N3O3S/c1-14-6-4-9-16(12-14)20(26)23-24-21(28)22-19(25)13-27-18-11-5-8-15-7-2-3-10-17(15)18/h2-12H,13H2,1H3,(H,23,26)(H2,22,24,25,28). The molecule has 0 saturated carbocycles. The minimum absolute atomic E-state index is 0.0208. The number of ether oxygens (including phenoxy) is 1. The zero-order valence-electron chi connectivity index (χ0n) is 15.2. The van der Waals surface area contributed by atoms with Gasteiger partial charge in [-0.2, -0.15) is 0 Å². The fraction of sp³-hybridized carbons (Fsp3) is 0.0952. The summed E-state index contributed by atoms with van der Waals surface area (Å²) in [5, 5.41) is 4.38. The maximum atomic E-state index is 12.1. The molecule has 6 nitrogen and oxygen atoms in total. The van der Waals surface area contributed by atoms with Crippen LogP contribution in [0.3, 0.4) is 0 Å². The molecule has 0 heterocycles. The van der Waals surface area contributed by atoms with Crippen LogP contribution in [0.25, 0.3) is 10.8 Å². The molecule has 0 radical (unpaired) electrons. The highest BCUT2D eigenvalue weighted by Gasteiger charge is 2.09. The third-order valence-corrected chi connectivity index (χ3v) is 4.14. The average Bonchev–Trinajstić information content (AvgIpc) is 2.70. The Bertz CT molecular complexity index is 1030. The largest absolute Gasteiger partial charge is 0.483 e. The fourth-order valence-corrected chi connectivity index (χ4v) is 2.80. The minimum Gasteiger partial charge on any atom is -0.483 e. The first kappa shape index (κ1) is 19.3. The van der Waals surface area contributed by atoms with E-state index in [-0.39, 0.29) is 17.6 Å². The summed E-state index contributed by atoms with van der Waals surface area (Å²) in [4.78, 5) is 24.1. The minimum atomic E-state index is -0.435. The second-order valence-corrected chi connectivity index (χ2v) is 6.50. The third-order valence-electron chi connectivity index (χ3n) is 3.93. The van der Waals surface area contributed by atoms with Gasteiger partial charge in [-0.05, 0) is 42.7 Å². The van der Waals surface area contributed by atoms with Crippen molar-refractivity contribution >= 4 is 39.9 Å². The summed E-state index contributed by atoms with van der Waals surface area (Å²) in [6, 6.07) is 20.5. The molecular weight excluding hydrogens is 374 g/mol. The number of rotatable bonds is 4. The van der Waals surface area contributed by atoms with Crippen LogP contribution < -0.4 is 20.9 Å². The highest BCUT2D eigenvalue weighted by Crippen LogP contribution is 2.24. The van der Waals surface area contributed by atoms with Crippen LogP contribution in [-0.2, 0) is 4.79 Å². The Morgan fingerprint density at radius 3 is 2.54 bits per heavy atom. The molecule has 0 fully saturated rings. The number of aryl methyl sites for hydroxylation is 1. The van der Waals surface area contributed by atoms with Gasteiger partial charge in [0.05, 0.1) is 0 Å². The zero-order chi connectivity index (χ0) is 19.9. The predicted octanol–water partition coefficient (Wildman–Crippen LogP) is 2.86. The normalized spacial score (nSPS) is 10.2. The van der Waals surface area contributed by atoms with Crippen molar-refractivity contribution in [3.05, 3.63) is 77.9 Å². The van der Waals surface area contributed by atoms with Gasteiger partial charge in [-0.1, -0.05) is 54.1 Å². The molecule has 142 valence electrons. The van der Waals surface area contributed by atoms with Crippen molar-refractivity contribution in [3.63, 3.8) is 0 Å². The number of amides is 2. The molecule has 0 atom stereocenters. The maximum Gasteiger partial charge on any atom is 0.269 e. The van der Waals surface area contributed by atoms with Crippen LogP contribution in [0.2, 0.25) is 0 Å². The SMILES string of the molecule is Cc1cccc(C(=O)NNC(=S)NC(=O)COc2cccc3ccccc23)c1. The summed E-state index contributed by atoms with van der Waals surface area (Å²) in [7, 11) is 0. The summed E-state index contributed by atoms with van der Waals surface area (Å²) in [6.45, 7) is 1.69. The number of fused-ring (bicyclic) bond motifs is 1. The van der Waals surface area contributed by atoms with Crippen molar-refractivity contribution in [1.29, 1.82) is 0 Å². The van der Waals surface area contributed by atoms with E-state index in [2.05, 4.69) is 16.2 Å². The number of hydrazine groups is 1. The quantitative estimate of drug-likeness (QED) is 0.469. The Morgan fingerprint density at radius 2 is 1.71 bits per heavy atom. The number of benzene rings is 3. The summed E-state index contributed by atoms with van der Waals surface area (Å²) in [5.41, 5.74) is 6.40. The van der Waals surface area contributed by atoms with Gasteiger partial charge >= 0.3 is 0 Å². The van der Waals surface area contributed by atoms with E-state index < -0.39 is 5.91 Å². The lowest BCUT2D eigenvalue weighted by molar-refractivity contribution is -0.121. The first-order valence-corrected chi connectivity index (χ1v) is 9.01. The van der Waals surface area contributed by atoms with Gasteiger partial charge in [-0.25, -0.2) is 0 Å². The van der Waals surface area contributed by atoms with Crippen molar-refractivity contribution in [2.75, 3.05) is 6.61 Å². The van der Waals surface area contributed by atoms with Crippen molar-refractivity contribution in [2.45, 2.75) is 6.92 Å². The molecule has 0 aliphatic heterocycles. The zero-order valence-corrected chi connectivity index (χ0v) is 16.0. The van der Waals surface area contributed by atoms with E-state index in [4.69, 9.17) is 17.0 Å². The lowest BCUT2D eigenvalue weighted by atomic mass is 10.1. The van der Waals surface area contributed by atoms with Crippen LogP contribution in [0.15, 0.2) is 66.7 Å². The predicted molar refractivity (Wildman–Crippen MR) is 112 cm³/mol. The lowest BCUT2D eigenvalue weighted by Crippen LogP contribution is -2.49. The van der Waals surface area contributed by atoms with Gasteiger partial charge in [-0.15, -0.1) is 0 Å². The van der Waals surface area contributed by atoms with Crippen LogP contribution in [0, 0.1) is 6.92 Å². The first-order chi connectivity index (χ1) is 13.5. The molecular formula is C21H19N3O3S.